The van der Waals surface area contributed by atoms with Gasteiger partial charge in [-0.15, -0.1) is 0 Å². The molecule has 4 aliphatic rings. The zero-order valence-corrected chi connectivity index (χ0v) is 16.0. The van der Waals surface area contributed by atoms with Crippen molar-refractivity contribution in [1.82, 2.24) is 9.80 Å². The Morgan fingerprint density at radius 2 is 1.69 bits per heavy atom. The average Bonchev–Trinajstić information content (AvgIpc) is 2.94. The van der Waals surface area contributed by atoms with Gasteiger partial charge in [0.15, 0.2) is 0 Å². The monoisotopic (exact) mass is 376 g/mol. The lowest BCUT2D eigenvalue weighted by atomic mass is 9.94. The van der Waals surface area contributed by atoms with E-state index in [2.05, 4.69) is 34.1 Å². The maximum absolute atomic E-state index is 13.0. The second-order valence-corrected chi connectivity index (χ2v) is 10.5. The molecule has 0 radical (unpaired) electrons. The predicted octanol–water partition coefficient (Wildman–Crippen LogP) is 1.93. The number of piperidine rings is 1. The molecule has 1 aromatic rings. The van der Waals surface area contributed by atoms with Gasteiger partial charge in [0.25, 0.3) is 0 Å². The molecule has 4 saturated heterocycles. The van der Waals surface area contributed by atoms with Crippen LogP contribution in [0, 0.1) is 11.8 Å². The minimum Gasteiger partial charge on any atom is -0.341 e. The summed E-state index contributed by atoms with van der Waals surface area (Å²) in [5, 5.41) is 0. The highest BCUT2D eigenvalue weighted by molar-refractivity contribution is 7.91. The molecule has 4 aliphatic heterocycles. The fourth-order valence-electron chi connectivity index (χ4n) is 4.77. The fraction of sp³-hybridized carbons (Fsp3) is 0.650. The van der Waals surface area contributed by atoms with Crippen LogP contribution in [0.25, 0.3) is 0 Å². The molecule has 0 aromatic heterocycles. The highest BCUT2D eigenvalue weighted by atomic mass is 32.2. The number of nitrogens with zero attached hydrogens (tertiary/aromatic N) is 2. The number of hydrogen-bond acceptors (Lipinski definition) is 4. The van der Waals surface area contributed by atoms with E-state index in [1.54, 1.807) is 0 Å². The lowest BCUT2D eigenvalue weighted by Gasteiger charge is -2.36. The Morgan fingerprint density at radius 3 is 2.42 bits per heavy atom. The highest BCUT2D eigenvalue weighted by Crippen LogP contribution is 2.31. The molecule has 2 bridgehead atoms. The van der Waals surface area contributed by atoms with E-state index in [0.717, 1.165) is 32.6 Å². The minimum absolute atomic E-state index is 0.0985. The van der Waals surface area contributed by atoms with Crippen molar-refractivity contribution in [3.05, 3.63) is 35.9 Å². The SMILES string of the molecule is O=C(C1CCS(=O)(=O)CC1)N1C[C@H]2CC[C@@H](C1)N(Cc1ccccc1)C2. The van der Waals surface area contributed by atoms with Crippen molar-refractivity contribution in [2.45, 2.75) is 38.3 Å². The van der Waals surface area contributed by atoms with Crippen molar-refractivity contribution in [3.8, 4) is 0 Å². The zero-order valence-electron chi connectivity index (χ0n) is 15.2. The Hall–Kier alpha value is -1.40. The Balaban J connectivity index is 1.42. The molecule has 0 spiro atoms. The number of hydrogen-bond donors (Lipinski definition) is 0. The van der Waals surface area contributed by atoms with E-state index in [0.29, 0.717) is 24.8 Å². The van der Waals surface area contributed by atoms with E-state index in [4.69, 9.17) is 0 Å². The van der Waals surface area contributed by atoms with Crippen molar-refractivity contribution >= 4 is 15.7 Å². The Labute approximate surface area is 156 Å². The van der Waals surface area contributed by atoms with Gasteiger partial charge in [0, 0.05) is 38.1 Å². The van der Waals surface area contributed by atoms with Gasteiger partial charge in [0.05, 0.1) is 11.5 Å². The number of fused-ring (bicyclic) bond motifs is 4. The Kier molecular flexibility index (Phi) is 5.06. The van der Waals surface area contributed by atoms with Crippen molar-refractivity contribution < 1.29 is 13.2 Å². The van der Waals surface area contributed by atoms with Gasteiger partial charge in [-0.1, -0.05) is 30.3 Å². The first kappa shape index (κ1) is 18.0. The van der Waals surface area contributed by atoms with Crippen molar-refractivity contribution in [3.63, 3.8) is 0 Å². The summed E-state index contributed by atoms with van der Waals surface area (Å²) >= 11 is 0. The minimum atomic E-state index is -2.92. The van der Waals surface area contributed by atoms with Crippen LogP contribution < -0.4 is 0 Å². The van der Waals surface area contributed by atoms with E-state index >= 15 is 0 Å². The van der Waals surface area contributed by atoms with Crippen LogP contribution >= 0.6 is 0 Å². The van der Waals surface area contributed by atoms with Crippen LogP contribution in [0.1, 0.15) is 31.2 Å². The van der Waals surface area contributed by atoms with Gasteiger partial charge in [-0.3, -0.25) is 9.69 Å². The summed E-state index contributed by atoms with van der Waals surface area (Å²) in [5.74, 6) is 0.972. The Bertz CT molecular complexity index is 736. The highest BCUT2D eigenvalue weighted by Gasteiger charge is 2.39. The van der Waals surface area contributed by atoms with Gasteiger partial charge in [-0.05, 0) is 37.2 Å². The van der Waals surface area contributed by atoms with Crippen molar-refractivity contribution in [2.75, 3.05) is 31.1 Å². The van der Waals surface area contributed by atoms with Crippen LogP contribution in [-0.4, -0.2) is 61.3 Å². The third kappa shape index (κ3) is 3.96. The summed E-state index contributed by atoms with van der Waals surface area (Å²) in [7, 11) is -2.92. The summed E-state index contributed by atoms with van der Waals surface area (Å²) in [5.41, 5.74) is 1.33. The maximum atomic E-state index is 13.0. The molecule has 6 heteroatoms. The van der Waals surface area contributed by atoms with Crippen molar-refractivity contribution in [2.24, 2.45) is 11.8 Å². The lowest BCUT2D eigenvalue weighted by molar-refractivity contribution is -0.136. The molecular weight excluding hydrogens is 348 g/mol. The van der Waals surface area contributed by atoms with Gasteiger partial charge >= 0.3 is 0 Å². The zero-order chi connectivity index (χ0) is 18.1. The summed E-state index contributed by atoms with van der Waals surface area (Å²) < 4.78 is 23.3. The number of carbonyl (C=O) groups is 1. The molecule has 26 heavy (non-hydrogen) atoms. The molecular formula is C20H28N2O3S. The van der Waals surface area contributed by atoms with Gasteiger partial charge in [0.1, 0.15) is 9.84 Å². The first-order valence-electron chi connectivity index (χ1n) is 9.77. The van der Waals surface area contributed by atoms with Gasteiger partial charge < -0.3 is 4.90 Å². The summed E-state index contributed by atoms with van der Waals surface area (Å²) in [6.07, 6.45) is 3.35. The molecule has 5 rings (SSSR count). The van der Waals surface area contributed by atoms with Crippen molar-refractivity contribution in [1.29, 1.82) is 0 Å². The van der Waals surface area contributed by atoms with Crippen LogP contribution in [-0.2, 0) is 21.2 Å². The fourth-order valence-corrected chi connectivity index (χ4v) is 6.26. The number of sulfone groups is 1. The average molecular weight is 377 g/mol. The molecule has 5 nitrogen and oxygen atoms in total. The van der Waals surface area contributed by atoms with E-state index in [1.807, 2.05) is 6.07 Å². The molecule has 2 atom stereocenters. The van der Waals surface area contributed by atoms with Gasteiger partial charge in [-0.25, -0.2) is 8.42 Å². The third-order valence-corrected chi connectivity index (χ3v) is 7.99. The number of amides is 1. The quantitative estimate of drug-likeness (QED) is 0.809. The second-order valence-electron chi connectivity index (χ2n) is 8.18. The van der Waals surface area contributed by atoms with Crippen LogP contribution in [0.2, 0.25) is 0 Å². The maximum Gasteiger partial charge on any atom is 0.225 e. The van der Waals surface area contributed by atoms with Crippen LogP contribution in [0.4, 0.5) is 0 Å². The smallest absolute Gasteiger partial charge is 0.225 e. The standard InChI is InChI=1S/C20H28N2O3S/c23-20(18-8-10-26(24,25)11-9-18)22-14-17-6-7-19(15-22)21(13-17)12-16-4-2-1-3-5-16/h1-5,17-19H,6-15H2/t17-,19-/m0/s1. The molecule has 0 aliphatic carbocycles. The molecule has 4 fully saturated rings. The van der Waals surface area contributed by atoms with Crippen LogP contribution in [0.5, 0.6) is 0 Å². The van der Waals surface area contributed by atoms with E-state index in [9.17, 15) is 13.2 Å². The normalized spacial score (nSPS) is 29.5. The molecule has 1 aromatic carbocycles. The largest absolute Gasteiger partial charge is 0.341 e. The second kappa shape index (κ2) is 7.31. The molecule has 4 heterocycles. The molecule has 142 valence electrons. The lowest BCUT2D eigenvalue weighted by Crippen LogP contribution is -2.45. The van der Waals surface area contributed by atoms with E-state index in [-0.39, 0.29) is 23.3 Å². The predicted molar refractivity (Wildman–Crippen MR) is 101 cm³/mol. The number of benzene rings is 1. The Morgan fingerprint density at radius 1 is 0.962 bits per heavy atom. The van der Waals surface area contributed by atoms with Crippen LogP contribution in [0.3, 0.4) is 0 Å². The molecule has 0 saturated carbocycles. The molecule has 1 amide bonds. The first-order chi connectivity index (χ1) is 12.5. The first-order valence-corrected chi connectivity index (χ1v) is 11.6. The van der Waals surface area contributed by atoms with Gasteiger partial charge in [-0.2, -0.15) is 0 Å². The summed E-state index contributed by atoms with van der Waals surface area (Å²) in [6.45, 7) is 3.64. The van der Waals surface area contributed by atoms with Crippen LogP contribution in [0.15, 0.2) is 30.3 Å². The summed E-state index contributed by atoms with van der Waals surface area (Å²) in [4.78, 5) is 17.6. The van der Waals surface area contributed by atoms with Gasteiger partial charge in [0.2, 0.25) is 5.91 Å². The molecule has 0 unspecified atom stereocenters. The number of rotatable bonds is 3. The summed E-state index contributed by atoms with van der Waals surface area (Å²) in [6, 6.07) is 11.0. The van der Waals surface area contributed by atoms with E-state index < -0.39 is 9.84 Å². The topological polar surface area (TPSA) is 57.7 Å². The molecule has 0 N–H and O–H groups in total. The third-order valence-electron chi connectivity index (χ3n) is 6.27. The number of carbonyl (C=O) groups excluding carboxylic acids is 1. The van der Waals surface area contributed by atoms with E-state index in [1.165, 1.54) is 12.0 Å².